The van der Waals surface area contributed by atoms with Crippen LogP contribution in [0.4, 0.5) is 11.4 Å². The van der Waals surface area contributed by atoms with Crippen molar-refractivity contribution in [1.82, 2.24) is 0 Å². The number of carboxylic acid groups (broad SMARTS) is 2. The minimum Gasteiger partial charge on any atom is -0.478 e. The van der Waals surface area contributed by atoms with Gasteiger partial charge in [-0.3, -0.25) is 9.98 Å². The van der Waals surface area contributed by atoms with Gasteiger partial charge in [-0.25, -0.2) is 9.59 Å². The second-order valence-corrected chi connectivity index (χ2v) is 6.87. The van der Waals surface area contributed by atoms with Crippen LogP contribution in [0.15, 0.2) is 70.6 Å². The molecule has 3 aromatic rings. The average molecular weight is 441 g/mol. The van der Waals surface area contributed by atoms with E-state index in [9.17, 15) is 19.8 Å². The Bertz CT molecular complexity index is 1100. The minimum absolute atomic E-state index is 0.113. The number of aliphatic imine (C=N–C) groups is 2. The molecule has 8 heteroatoms. The molecule has 0 aromatic heterocycles. The van der Waals surface area contributed by atoms with Crippen molar-refractivity contribution in [2.24, 2.45) is 9.98 Å². The van der Waals surface area contributed by atoms with E-state index in [0.717, 1.165) is 0 Å². The predicted molar refractivity (Wildman–Crippen MR) is 118 cm³/mol. The predicted octanol–water partition coefficient (Wildman–Crippen LogP) is 5.89. The molecule has 0 amide bonds. The fourth-order valence-corrected chi connectivity index (χ4v) is 3.02. The van der Waals surface area contributed by atoms with Crippen LogP contribution in [0.2, 0.25) is 10.0 Å². The van der Waals surface area contributed by atoms with E-state index in [-0.39, 0.29) is 21.2 Å². The van der Waals surface area contributed by atoms with Crippen molar-refractivity contribution in [1.29, 1.82) is 0 Å². The topological polar surface area (TPSA) is 99.3 Å². The molecule has 3 aromatic carbocycles. The van der Waals surface area contributed by atoms with E-state index in [1.54, 1.807) is 36.4 Å². The highest BCUT2D eigenvalue weighted by Gasteiger charge is 2.10. The third-order valence-corrected chi connectivity index (χ3v) is 4.69. The summed E-state index contributed by atoms with van der Waals surface area (Å²) in [4.78, 5) is 31.1. The van der Waals surface area contributed by atoms with E-state index in [1.807, 2.05) is 0 Å². The highest BCUT2D eigenvalue weighted by atomic mass is 35.5. The number of hydrogen-bond donors (Lipinski definition) is 2. The fourth-order valence-electron chi connectivity index (χ4n) is 2.61. The summed E-state index contributed by atoms with van der Waals surface area (Å²) >= 11 is 12.6. The fraction of sp³-hybridized carbons (Fsp3) is 0. The minimum atomic E-state index is -1.06. The second-order valence-electron chi connectivity index (χ2n) is 6.06. The SMILES string of the molecule is O=C(O)c1ccccc1C=Nc1cc(Cl)c(N=Cc2ccccc2C(=O)O)cc1Cl. The molecule has 0 saturated carbocycles. The molecule has 0 saturated heterocycles. The van der Waals surface area contributed by atoms with Crippen molar-refractivity contribution < 1.29 is 19.8 Å². The first-order valence-electron chi connectivity index (χ1n) is 8.58. The first kappa shape index (κ1) is 21.2. The van der Waals surface area contributed by atoms with Crippen LogP contribution < -0.4 is 0 Å². The van der Waals surface area contributed by atoms with E-state index >= 15 is 0 Å². The summed E-state index contributed by atoms with van der Waals surface area (Å²) in [7, 11) is 0. The molecule has 0 aliphatic rings. The van der Waals surface area contributed by atoms with Gasteiger partial charge >= 0.3 is 11.9 Å². The molecule has 0 unspecified atom stereocenters. The molecule has 30 heavy (non-hydrogen) atoms. The van der Waals surface area contributed by atoms with Crippen LogP contribution in [-0.4, -0.2) is 34.6 Å². The molecule has 0 aliphatic heterocycles. The van der Waals surface area contributed by atoms with Gasteiger partial charge in [0.25, 0.3) is 0 Å². The molecular formula is C22H14Cl2N2O4. The van der Waals surface area contributed by atoms with Crippen LogP contribution in [0, 0.1) is 0 Å². The zero-order valence-corrected chi connectivity index (χ0v) is 16.8. The Hall–Kier alpha value is -3.48. The Morgan fingerprint density at radius 1 is 0.700 bits per heavy atom. The molecule has 0 aliphatic carbocycles. The number of carbonyl (C=O) groups is 2. The monoisotopic (exact) mass is 440 g/mol. The lowest BCUT2D eigenvalue weighted by Crippen LogP contribution is -2.01. The maximum absolute atomic E-state index is 11.3. The molecule has 0 bridgehead atoms. The standard InChI is InChI=1S/C22H14Cl2N2O4/c23-17-10-20(26-12-14-6-2-4-8-16(14)22(29)30)18(24)9-19(17)25-11-13-5-1-3-7-15(13)21(27)28/h1-12H,(H,27,28)(H,29,30). The van der Waals surface area contributed by atoms with E-state index in [4.69, 9.17) is 23.2 Å². The molecule has 0 atom stereocenters. The molecule has 0 fully saturated rings. The third-order valence-electron chi connectivity index (χ3n) is 4.08. The van der Waals surface area contributed by atoms with Gasteiger partial charge in [0.2, 0.25) is 0 Å². The Morgan fingerprint density at radius 2 is 1.07 bits per heavy atom. The van der Waals surface area contributed by atoms with Crippen molar-refractivity contribution in [2.45, 2.75) is 0 Å². The van der Waals surface area contributed by atoms with E-state index in [0.29, 0.717) is 22.5 Å². The molecule has 0 radical (unpaired) electrons. The van der Waals surface area contributed by atoms with E-state index < -0.39 is 11.9 Å². The average Bonchev–Trinajstić information content (AvgIpc) is 2.73. The normalized spacial score (nSPS) is 11.3. The number of hydrogen-bond acceptors (Lipinski definition) is 4. The lowest BCUT2D eigenvalue weighted by molar-refractivity contribution is 0.0686. The van der Waals surface area contributed by atoms with Gasteiger partial charge in [0.05, 0.1) is 32.5 Å². The summed E-state index contributed by atoms with van der Waals surface area (Å²) in [6, 6.07) is 15.9. The van der Waals surface area contributed by atoms with Crippen LogP contribution >= 0.6 is 23.2 Å². The van der Waals surface area contributed by atoms with Gasteiger partial charge in [-0.05, 0) is 24.3 Å². The summed E-state index contributed by atoms with van der Waals surface area (Å²) in [5, 5.41) is 19.0. The van der Waals surface area contributed by atoms with Crippen molar-refractivity contribution in [3.8, 4) is 0 Å². The van der Waals surface area contributed by atoms with Crippen LogP contribution in [-0.2, 0) is 0 Å². The number of rotatable bonds is 6. The van der Waals surface area contributed by atoms with Crippen molar-refractivity contribution >= 4 is 58.9 Å². The largest absolute Gasteiger partial charge is 0.478 e. The Kier molecular flexibility index (Phi) is 6.61. The van der Waals surface area contributed by atoms with Gasteiger partial charge < -0.3 is 10.2 Å². The summed E-state index contributed by atoms with van der Waals surface area (Å²) < 4.78 is 0. The summed E-state index contributed by atoms with van der Waals surface area (Å²) in [5.41, 5.74) is 1.75. The van der Waals surface area contributed by atoms with Gasteiger partial charge in [0, 0.05) is 23.6 Å². The first-order valence-corrected chi connectivity index (χ1v) is 9.34. The number of halogens is 2. The Morgan fingerprint density at radius 3 is 1.43 bits per heavy atom. The molecule has 150 valence electrons. The Labute approximate surface area is 181 Å². The molecule has 0 heterocycles. The molecule has 2 N–H and O–H groups in total. The number of nitrogens with zero attached hydrogens (tertiary/aromatic N) is 2. The quantitative estimate of drug-likeness (QED) is 0.466. The zero-order chi connectivity index (χ0) is 21.7. The highest BCUT2D eigenvalue weighted by molar-refractivity contribution is 6.37. The maximum atomic E-state index is 11.3. The van der Waals surface area contributed by atoms with Gasteiger partial charge in [0.15, 0.2) is 0 Å². The zero-order valence-electron chi connectivity index (χ0n) is 15.3. The number of carboxylic acids is 2. The van der Waals surface area contributed by atoms with Crippen LogP contribution in [0.3, 0.4) is 0 Å². The summed E-state index contributed by atoms with van der Waals surface area (Å²) in [5.74, 6) is -2.12. The molecule has 6 nitrogen and oxygen atoms in total. The van der Waals surface area contributed by atoms with Crippen LogP contribution in [0.5, 0.6) is 0 Å². The van der Waals surface area contributed by atoms with Gasteiger partial charge in [0.1, 0.15) is 0 Å². The van der Waals surface area contributed by atoms with E-state index in [1.165, 1.54) is 36.7 Å². The third kappa shape index (κ3) is 4.92. The van der Waals surface area contributed by atoms with Crippen LogP contribution in [0.25, 0.3) is 0 Å². The number of benzene rings is 3. The van der Waals surface area contributed by atoms with Crippen molar-refractivity contribution in [2.75, 3.05) is 0 Å². The van der Waals surface area contributed by atoms with Gasteiger partial charge in [-0.15, -0.1) is 0 Å². The summed E-state index contributed by atoms with van der Waals surface area (Å²) in [6.45, 7) is 0. The van der Waals surface area contributed by atoms with Gasteiger partial charge in [-0.1, -0.05) is 59.6 Å². The summed E-state index contributed by atoms with van der Waals surface area (Å²) in [6.07, 6.45) is 2.79. The second kappa shape index (κ2) is 9.35. The first-order chi connectivity index (χ1) is 14.4. The Balaban J connectivity index is 1.90. The lowest BCUT2D eigenvalue weighted by atomic mass is 10.1. The molecule has 0 spiro atoms. The molecular weight excluding hydrogens is 427 g/mol. The van der Waals surface area contributed by atoms with Crippen molar-refractivity contribution in [3.05, 3.63) is 93.0 Å². The lowest BCUT2D eigenvalue weighted by Gasteiger charge is -2.05. The van der Waals surface area contributed by atoms with E-state index in [2.05, 4.69) is 9.98 Å². The molecule has 3 rings (SSSR count). The number of aromatic carboxylic acids is 2. The maximum Gasteiger partial charge on any atom is 0.336 e. The van der Waals surface area contributed by atoms with Crippen LogP contribution in [0.1, 0.15) is 31.8 Å². The smallest absolute Gasteiger partial charge is 0.336 e. The van der Waals surface area contributed by atoms with Gasteiger partial charge in [-0.2, -0.15) is 0 Å². The van der Waals surface area contributed by atoms with Crippen molar-refractivity contribution in [3.63, 3.8) is 0 Å². The highest BCUT2D eigenvalue weighted by Crippen LogP contribution is 2.36.